The molecule has 0 aliphatic heterocycles. The summed E-state index contributed by atoms with van der Waals surface area (Å²) in [6.45, 7) is 0.303. The van der Waals surface area contributed by atoms with E-state index in [-0.39, 0.29) is 18.0 Å². The molecule has 0 fully saturated rings. The van der Waals surface area contributed by atoms with E-state index in [4.69, 9.17) is 0 Å². The fraction of sp³-hybridized carbons (Fsp3) is 0.0909. The maximum Gasteiger partial charge on any atom is 0.243 e. The van der Waals surface area contributed by atoms with Crippen molar-refractivity contribution in [3.63, 3.8) is 0 Å². The lowest BCUT2D eigenvalue weighted by molar-refractivity contribution is 0.112. The van der Waals surface area contributed by atoms with Gasteiger partial charge in [0.2, 0.25) is 10.0 Å². The first kappa shape index (κ1) is 19.0. The van der Waals surface area contributed by atoms with Crippen LogP contribution in [0.4, 0.5) is 0 Å². The number of aromatic amines is 1. The number of sulfonamides is 1. The molecule has 0 saturated carbocycles. The molecule has 4 aromatic rings. The summed E-state index contributed by atoms with van der Waals surface area (Å²) in [5.74, 6) is 0.565. The summed E-state index contributed by atoms with van der Waals surface area (Å²) in [4.78, 5) is 18.7. The van der Waals surface area contributed by atoms with E-state index >= 15 is 0 Å². The van der Waals surface area contributed by atoms with Gasteiger partial charge in [0.1, 0.15) is 12.1 Å². The maximum absolute atomic E-state index is 13.4. The fourth-order valence-electron chi connectivity index (χ4n) is 3.13. The molecule has 0 radical (unpaired) electrons. The minimum absolute atomic E-state index is 0.0986. The number of imidazole rings is 1. The summed E-state index contributed by atoms with van der Waals surface area (Å²) in [7, 11) is -3.80. The van der Waals surface area contributed by atoms with Crippen LogP contribution in [-0.4, -0.2) is 29.0 Å². The molecule has 6 nitrogen and oxygen atoms in total. The van der Waals surface area contributed by atoms with Crippen LogP contribution in [0.15, 0.2) is 83.8 Å². The number of carbonyl (C=O) groups excluding carboxylic acids is 1. The topological polar surface area (TPSA) is 83.1 Å². The number of nitrogens with zero attached hydrogens (tertiary/aromatic N) is 2. The molecule has 1 heterocycles. The Hall–Kier alpha value is -3.29. The number of benzene rings is 3. The molecule has 0 atom stereocenters. The number of nitrogens with one attached hydrogen (secondary N) is 1. The zero-order valence-electron chi connectivity index (χ0n) is 15.5. The van der Waals surface area contributed by atoms with E-state index in [1.54, 1.807) is 0 Å². The highest BCUT2D eigenvalue weighted by Crippen LogP contribution is 2.22. The molecular weight excluding hydrogens is 386 g/mol. The van der Waals surface area contributed by atoms with Gasteiger partial charge >= 0.3 is 0 Å². The maximum atomic E-state index is 13.4. The first-order valence-corrected chi connectivity index (χ1v) is 10.5. The van der Waals surface area contributed by atoms with Crippen LogP contribution < -0.4 is 0 Å². The molecule has 1 N–H and O–H groups in total. The number of H-pyrrole nitrogens is 1. The van der Waals surface area contributed by atoms with Crippen LogP contribution >= 0.6 is 0 Å². The fourth-order valence-corrected chi connectivity index (χ4v) is 4.52. The Kier molecular flexibility index (Phi) is 5.24. The van der Waals surface area contributed by atoms with Crippen molar-refractivity contribution in [2.45, 2.75) is 18.0 Å². The number of carbonyl (C=O) groups is 1. The second-order valence-electron chi connectivity index (χ2n) is 6.65. The van der Waals surface area contributed by atoms with Crippen molar-refractivity contribution in [3.05, 3.63) is 95.8 Å². The summed E-state index contributed by atoms with van der Waals surface area (Å²) in [6.07, 6.45) is 0.687. The normalized spacial score (nSPS) is 11.8. The summed E-state index contributed by atoms with van der Waals surface area (Å²) >= 11 is 0. The highest BCUT2D eigenvalue weighted by molar-refractivity contribution is 7.89. The molecule has 0 bridgehead atoms. The minimum Gasteiger partial charge on any atom is -0.341 e. The van der Waals surface area contributed by atoms with Gasteiger partial charge in [-0.1, -0.05) is 54.6 Å². The van der Waals surface area contributed by atoms with Crippen molar-refractivity contribution in [1.29, 1.82) is 0 Å². The molecule has 146 valence electrons. The Morgan fingerprint density at radius 3 is 2.24 bits per heavy atom. The smallest absolute Gasteiger partial charge is 0.243 e. The van der Waals surface area contributed by atoms with Crippen molar-refractivity contribution in [3.8, 4) is 0 Å². The predicted molar refractivity (Wildman–Crippen MR) is 111 cm³/mol. The van der Waals surface area contributed by atoms with Gasteiger partial charge < -0.3 is 4.98 Å². The van der Waals surface area contributed by atoms with Crippen LogP contribution in [0.5, 0.6) is 0 Å². The Labute approximate surface area is 168 Å². The Balaban J connectivity index is 1.71. The highest BCUT2D eigenvalue weighted by atomic mass is 32.2. The molecule has 0 unspecified atom stereocenters. The van der Waals surface area contributed by atoms with Gasteiger partial charge in [0.15, 0.2) is 0 Å². The van der Waals surface area contributed by atoms with Gasteiger partial charge in [-0.15, -0.1) is 0 Å². The number of rotatable bonds is 7. The lowest BCUT2D eigenvalue weighted by Crippen LogP contribution is -2.30. The van der Waals surface area contributed by atoms with Crippen LogP contribution in [0.1, 0.15) is 21.7 Å². The Morgan fingerprint density at radius 1 is 0.862 bits per heavy atom. The van der Waals surface area contributed by atoms with E-state index in [9.17, 15) is 13.2 Å². The average molecular weight is 405 g/mol. The van der Waals surface area contributed by atoms with Gasteiger partial charge in [-0.3, -0.25) is 4.79 Å². The third-order valence-electron chi connectivity index (χ3n) is 4.62. The van der Waals surface area contributed by atoms with Crippen molar-refractivity contribution >= 4 is 27.3 Å². The molecule has 0 aliphatic rings. The molecule has 7 heteroatoms. The predicted octanol–water partition coefficient (Wildman–Crippen LogP) is 3.77. The quantitative estimate of drug-likeness (QED) is 0.475. The van der Waals surface area contributed by atoms with E-state index in [2.05, 4.69) is 9.97 Å². The lowest BCUT2D eigenvalue weighted by Gasteiger charge is -2.21. The molecule has 0 spiro atoms. The van der Waals surface area contributed by atoms with Crippen LogP contribution in [0.25, 0.3) is 11.0 Å². The molecule has 4 rings (SSSR count). The third kappa shape index (κ3) is 4.11. The van der Waals surface area contributed by atoms with E-state index in [1.165, 1.54) is 28.6 Å². The van der Waals surface area contributed by atoms with Crippen molar-refractivity contribution in [2.24, 2.45) is 0 Å². The minimum atomic E-state index is -3.80. The monoisotopic (exact) mass is 405 g/mol. The summed E-state index contributed by atoms with van der Waals surface area (Å²) in [6, 6.07) is 22.9. The molecule has 0 aliphatic carbocycles. The van der Waals surface area contributed by atoms with Crippen LogP contribution in [0, 0.1) is 0 Å². The first-order valence-electron chi connectivity index (χ1n) is 9.09. The summed E-state index contributed by atoms with van der Waals surface area (Å²) < 4.78 is 28.1. The molecule has 29 heavy (non-hydrogen) atoms. The van der Waals surface area contributed by atoms with E-state index in [1.807, 2.05) is 54.6 Å². The van der Waals surface area contributed by atoms with E-state index in [0.29, 0.717) is 17.7 Å². The van der Waals surface area contributed by atoms with Gasteiger partial charge in [-0.2, -0.15) is 4.31 Å². The Bertz CT molecular complexity index is 1200. The second kappa shape index (κ2) is 7.98. The molecule has 0 saturated heterocycles. The second-order valence-corrected chi connectivity index (χ2v) is 8.58. The van der Waals surface area contributed by atoms with Crippen LogP contribution in [0.3, 0.4) is 0 Å². The molecular formula is C22H19N3O3S. The van der Waals surface area contributed by atoms with Crippen molar-refractivity contribution < 1.29 is 13.2 Å². The van der Waals surface area contributed by atoms with Crippen LogP contribution in [0.2, 0.25) is 0 Å². The molecule has 0 amide bonds. The van der Waals surface area contributed by atoms with E-state index < -0.39 is 10.0 Å². The van der Waals surface area contributed by atoms with Crippen molar-refractivity contribution in [1.82, 2.24) is 14.3 Å². The number of hydrogen-bond donors (Lipinski definition) is 1. The number of aromatic nitrogens is 2. The van der Waals surface area contributed by atoms with Crippen LogP contribution in [-0.2, 0) is 23.1 Å². The number of hydrogen-bond acceptors (Lipinski definition) is 4. The van der Waals surface area contributed by atoms with Gasteiger partial charge in [-0.05, 0) is 29.8 Å². The largest absolute Gasteiger partial charge is 0.341 e. The lowest BCUT2D eigenvalue weighted by atomic mass is 10.2. The third-order valence-corrected chi connectivity index (χ3v) is 6.43. The number of para-hydroxylation sites is 2. The SMILES string of the molecule is O=Cc1ccc(S(=O)(=O)N(Cc2ccccc2)Cc2nc3ccccc3[nH]2)cc1. The number of fused-ring (bicyclic) bond motifs is 1. The zero-order valence-corrected chi connectivity index (χ0v) is 16.3. The highest BCUT2D eigenvalue weighted by Gasteiger charge is 2.26. The standard InChI is InChI=1S/C22H19N3O3S/c26-16-18-10-12-19(13-11-18)29(27,28)25(14-17-6-2-1-3-7-17)15-22-23-20-8-4-5-9-21(20)24-22/h1-13,16H,14-15H2,(H,23,24). The van der Waals surface area contributed by atoms with Gasteiger partial charge in [0, 0.05) is 12.1 Å². The van der Waals surface area contributed by atoms with Gasteiger partial charge in [0.05, 0.1) is 22.5 Å². The molecule has 1 aromatic heterocycles. The van der Waals surface area contributed by atoms with Gasteiger partial charge in [0.25, 0.3) is 0 Å². The molecule has 3 aromatic carbocycles. The van der Waals surface area contributed by atoms with Crippen molar-refractivity contribution in [2.75, 3.05) is 0 Å². The first-order chi connectivity index (χ1) is 14.1. The van der Waals surface area contributed by atoms with Gasteiger partial charge in [-0.25, -0.2) is 13.4 Å². The van der Waals surface area contributed by atoms with E-state index in [0.717, 1.165) is 16.6 Å². The number of aldehydes is 1. The summed E-state index contributed by atoms with van der Waals surface area (Å²) in [5.41, 5.74) is 2.94. The zero-order chi connectivity index (χ0) is 20.3. The average Bonchev–Trinajstić information content (AvgIpc) is 3.16. The Morgan fingerprint density at radius 2 is 1.55 bits per heavy atom. The summed E-state index contributed by atoms with van der Waals surface area (Å²) in [5, 5.41) is 0.